The fourth-order valence-corrected chi connectivity index (χ4v) is 1.86. The summed E-state index contributed by atoms with van der Waals surface area (Å²) >= 11 is 0. The van der Waals surface area contributed by atoms with Crippen LogP contribution in [-0.4, -0.2) is 12.2 Å². The monoisotopic (exact) mass is 254 g/mol. The summed E-state index contributed by atoms with van der Waals surface area (Å²) in [5, 5.41) is 10.0. The van der Waals surface area contributed by atoms with Crippen LogP contribution in [0.1, 0.15) is 23.7 Å². The maximum Gasteiger partial charge on any atom is 0.118 e. The van der Waals surface area contributed by atoms with Crippen molar-refractivity contribution in [2.45, 2.75) is 12.5 Å². The van der Waals surface area contributed by atoms with Crippen molar-refractivity contribution in [3.63, 3.8) is 0 Å². The van der Waals surface area contributed by atoms with Crippen molar-refractivity contribution < 1.29 is 9.84 Å². The molecule has 2 rings (SSSR count). The number of aliphatic hydroxyl groups excluding tert-OH is 1. The maximum absolute atomic E-state index is 10.0. The third kappa shape index (κ3) is 3.97. The Morgan fingerprint density at radius 2 is 1.74 bits per heavy atom. The predicted molar refractivity (Wildman–Crippen MR) is 78.0 cm³/mol. The van der Waals surface area contributed by atoms with Crippen molar-refractivity contribution in [2.24, 2.45) is 0 Å². The normalized spacial score (nSPS) is 12.5. The highest BCUT2D eigenvalue weighted by Gasteiger charge is 2.03. The highest BCUT2D eigenvalue weighted by Crippen LogP contribution is 2.18. The zero-order valence-electron chi connectivity index (χ0n) is 11.0. The zero-order chi connectivity index (χ0) is 13.5. The Kier molecular flexibility index (Phi) is 4.76. The van der Waals surface area contributed by atoms with Gasteiger partial charge >= 0.3 is 0 Å². The van der Waals surface area contributed by atoms with Crippen LogP contribution in [0, 0.1) is 0 Å². The number of ether oxygens (including phenoxy) is 1. The molecule has 0 saturated heterocycles. The van der Waals surface area contributed by atoms with Crippen molar-refractivity contribution in [2.75, 3.05) is 7.11 Å². The molecule has 0 bridgehead atoms. The molecule has 0 radical (unpaired) electrons. The van der Waals surface area contributed by atoms with Crippen LogP contribution in [0.4, 0.5) is 0 Å². The van der Waals surface area contributed by atoms with Gasteiger partial charge in [0.25, 0.3) is 0 Å². The first-order valence-corrected chi connectivity index (χ1v) is 6.33. The molecule has 2 nitrogen and oxygen atoms in total. The largest absolute Gasteiger partial charge is 0.497 e. The molecule has 1 atom stereocenters. The van der Waals surface area contributed by atoms with E-state index in [4.69, 9.17) is 4.74 Å². The van der Waals surface area contributed by atoms with E-state index in [1.807, 2.05) is 66.7 Å². The summed E-state index contributed by atoms with van der Waals surface area (Å²) in [4.78, 5) is 0. The summed E-state index contributed by atoms with van der Waals surface area (Å²) in [5.41, 5.74) is 2.04. The Labute approximate surface area is 114 Å². The second kappa shape index (κ2) is 6.76. The molecule has 0 heterocycles. The SMILES string of the molecule is COc1ccc(C=CCC(O)c2ccccc2)cc1. The Morgan fingerprint density at radius 3 is 2.37 bits per heavy atom. The lowest BCUT2D eigenvalue weighted by Crippen LogP contribution is -1.94. The molecule has 1 unspecified atom stereocenters. The van der Waals surface area contributed by atoms with E-state index >= 15 is 0 Å². The number of aliphatic hydroxyl groups is 1. The summed E-state index contributed by atoms with van der Waals surface area (Å²) in [6.45, 7) is 0. The van der Waals surface area contributed by atoms with Gasteiger partial charge < -0.3 is 9.84 Å². The van der Waals surface area contributed by atoms with E-state index in [2.05, 4.69) is 0 Å². The minimum absolute atomic E-state index is 0.448. The van der Waals surface area contributed by atoms with Crippen molar-refractivity contribution in [1.29, 1.82) is 0 Å². The average Bonchev–Trinajstić information content (AvgIpc) is 2.49. The summed E-state index contributed by atoms with van der Waals surface area (Å²) in [7, 11) is 1.65. The first-order valence-electron chi connectivity index (χ1n) is 6.33. The highest BCUT2D eigenvalue weighted by molar-refractivity contribution is 5.50. The Balaban J connectivity index is 1.92. The highest BCUT2D eigenvalue weighted by atomic mass is 16.5. The Hall–Kier alpha value is -2.06. The van der Waals surface area contributed by atoms with E-state index < -0.39 is 6.10 Å². The fraction of sp³-hybridized carbons (Fsp3) is 0.176. The lowest BCUT2D eigenvalue weighted by molar-refractivity contribution is 0.182. The van der Waals surface area contributed by atoms with Crippen LogP contribution < -0.4 is 4.74 Å². The Morgan fingerprint density at radius 1 is 1.05 bits per heavy atom. The molecule has 0 saturated carbocycles. The number of hydrogen-bond acceptors (Lipinski definition) is 2. The van der Waals surface area contributed by atoms with Gasteiger partial charge in [0, 0.05) is 0 Å². The molecule has 0 spiro atoms. The Bertz CT molecular complexity index is 515. The average molecular weight is 254 g/mol. The second-order valence-corrected chi connectivity index (χ2v) is 4.34. The van der Waals surface area contributed by atoms with Crippen LogP contribution in [0.3, 0.4) is 0 Å². The van der Waals surface area contributed by atoms with Gasteiger partial charge in [0.2, 0.25) is 0 Å². The molecule has 1 N–H and O–H groups in total. The molecule has 2 heteroatoms. The summed E-state index contributed by atoms with van der Waals surface area (Å²) in [6, 6.07) is 17.5. The number of methoxy groups -OCH3 is 1. The van der Waals surface area contributed by atoms with Crippen LogP contribution in [0.5, 0.6) is 5.75 Å². The lowest BCUT2D eigenvalue weighted by Gasteiger charge is -2.07. The van der Waals surface area contributed by atoms with Crippen LogP contribution in [0.2, 0.25) is 0 Å². The van der Waals surface area contributed by atoms with Crippen LogP contribution in [0.25, 0.3) is 6.08 Å². The van der Waals surface area contributed by atoms with Gasteiger partial charge in [-0.25, -0.2) is 0 Å². The van der Waals surface area contributed by atoms with E-state index in [9.17, 15) is 5.11 Å². The number of rotatable bonds is 5. The van der Waals surface area contributed by atoms with Crippen LogP contribution in [-0.2, 0) is 0 Å². The van der Waals surface area contributed by atoms with E-state index in [0.29, 0.717) is 6.42 Å². The molecule has 0 fully saturated rings. The number of hydrogen-bond donors (Lipinski definition) is 1. The van der Waals surface area contributed by atoms with Gasteiger partial charge in [-0.05, 0) is 29.7 Å². The number of benzene rings is 2. The standard InChI is InChI=1S/C17H18O2/c1-19-16-12-10-14(11-13-16)6-5-9-17(18)15-7-3-2-4-8-15/h2-8,10-13,17-18H,9H2,1H3. The summed E-state index contributed by atoms with van der Waals surface area (Å²) in [6.07, 6.45) is 4.15. The van der Waals surface area contributed by atoms with E-state index in [0.717, 1.165) is 16.9 Å². The molecule has 19 heavy (non-hydrogen) atoms. The molecule has 0 aliphatic carbocycles. The predicted octanol–water partition coefficient (Wildman–Crippen LogP) is 3.83. The molecule has 0 aromatic heterocycles. The van der Waals surface area contributed by atoms with Gasteiger partial charge in [-0.2, -0.15) is 0 Å². The van der Waals surface area contributed by atoms with Gasteiger partial charge in [-0.1, -0.05) is 54.6 Å². The third-order valence-electron chi connectivity index (χ3n) is 2.97. The van der Waals surface area contributed by atoms with Crippen molar-refractivity contribution in [1.82, 2.24) is 0 Å². The summed E-state index contributed by atoms with van der Waals surface area (Å²) < 4.78 is 5.11. The molecular formula is C17H18O2. The zero-order valence-corrected chi connectivity index (χ0v) is 11.0. The molecule has 98 valence electrons. The smallest absolute Gasteiger partial charge is 0.118 e. The lowest BCUT2D eigenvalue weighted by atomic mass is 10.1. The molecule has 2 aromatic carbocycles. The van der Waals surface area contributed by atoms with E-state index in [1.54, 1.807) is 7.11 Å². The van der Waals surface area contributed by atoms with E-state index in [-0.39, 0.29) is 0 Å². The molecule has 0 aliphatic heterocycles. The van der Waals surface area contributed by atoms with Crippen molar-refractivity contribution in [3.8, 4) is 5.75 Å². The second-order valence-electron chi connectivity index (χ2n) is 4.34. The molecule has 0 amide bonds. The first-order chi connectivity index (χ1) is 9.29. The first kappa shape index (κ1) is 13.4. The quantitative estimate of drug-likeness (QED) is 0.878. The van der Waals surface area contributed by atoms with Crippen LogP contribution >= 0.6 is 0 Å². The van der Waals surface area contributed by atoms with Crippen molar-refractivity contribution >= 4 is 6.08 Å². The van der Waals surface area contributed by atoms with Crippen molar-refractivity contribution in [3.05, 3.63) is 71.8 Å². The third-order valence-corrected chi connectivity index (χ3v) is 2.97. The topological polar surface area (TPSA) is 29.5 Å². The van der Waals surface area contributed by atoms with Crippen LogP contribution in [0.15, 0.2) is 60.7 Å². The summed E-state index contributed by atoms with van der Waals surface area (Å²) in [5.74, 6) is 0.849. The molecule has 0 aliphatic rings. The van der Waals surface area contributed by atoms with Gasteiger partial charge in [0.15, 0.2) is 0 Å². The minimum atomic E-state index is -0.448. The molecule has 2 aromatic rings. The maximum atomic E-state index is 10.0. The van der Waals surface area contributed by atoms with Gasteiger partial charge in [0.05, 0.1) is 13.2 Å². The minimum Gasteiger partial charge on any atom is -0.497 e. The fourth-order valence-electron chi connectivity index (χ4n) is 1.86. The van der Waals surface area contributed by atoms with Gasteiger partial charge in [-0.15, -0.1) is 0 Å². The van der Waals surface area contributed by atoms with Gasteiger partial charge in [-0.3, -0.25) is 0 Å². The molecular weight excluding hydrogens is 236 g/mol. The van der Waals surface area contributed by atoms with Gasteiger partial charge in [0.1, 0.15) is 5.75 Å². The van der Waals surface area contributed by atoms with E-state index in [1.165, 1.54) is 0 Å².